The van der Waals surface area contributed by atoms with Gasteiger partial charge in [-0.25, -0.2) is 0 Å². The largest absolute Gasteiger partial charge is 0.494 e. The summed E-state index contributed by atoms with van der Waals surface area (Å²) in [5.41, 5.74) is 2.95. The second-order valence-electron chi connectivity index (χ2n) is 7.29. The van der Waals surface area contributed by atoms with Crippen LogP contribution in [0.1, 0.15) is 20.3 Å². The minimum Gasteiger partial charge on any atom is -0.494 e. The quantitative estimate of drug-likeness (QED) is 0.503. The minimum atomic E-state index is -0.212. The second-order valence-corrected chi connectivity index (χ2v) is 7.29. The van der Waals surface area contributed by atoms with Crippen LogP contribution in [0.2, 0.25) is 0 Å². The zero-order chi connectivity index (χ0) is 20.5. The standard InChI is InChI=1S/C25H27NO3/c1-19(2)15-16-28-24-10-6-9-22(17-24)26-25(27)18-29-23-13-11-21(12-14-23)20-7-4-3-5-8-20/h3-14,17,19H,15-16,18H2,1-2H3,(H,26,27). The summed E-state index contributed by atoms with van der Waals surface area (Å²) < 4.78 is 11.3. The summed E-state index contributed by atoms with van der Waals surface area (Å²) in [7, 11) is 0. The molecule has 4 nitrogen and oxygen atoms in total. The summed E-state index contributed by atoms with van der Waals surface area (Å²) in [6.45, 7) is 4.94. The van der Waals surface area contributed by atoms with Crippen molar-refractivity contribution in [2.45, 2.75) is 20.3 Å². The van der Waals surface area contributed by atoms with Crippen LogP contribution in [0.4, 0.5) is 5.69 Å². The molecule has 0 unspecified atom stereocenters. The van der Waals surface area contributed by atoms with Crippen molar-refractivity contribution < 1.29 is 14.3 Å². The summed E-state index contributed by atoms with van der Waals surface area (Å²) in [4.78, 5) is 12.2. The van der Waals surface area contributed by atoms with Gasteiger partial charge in [-0.15, -0.1) is 0 Å². The molecule has 0 fully saturated rings. The third-order valence-electron chi connectivity index (χ3n) is 4.41. The molecular formula is C25H27NO3. The lowest BCUT2D eigenvalue weighted by molar-refractivity contribution is -0.118. The minimum absolute atomic E-state index is 0.0525. The van der Waals surface area contributed by atoms with E-state index in [4.69, 9.17) is 9.47 Å². The van der Waals surface area contributed by atoms with Gasteiger partial charge in [0.15, 0.2) is 6.61 Å². The molecule has 3 rings (SSSR count). The van der Waals surface area contributed by atoms with Crippen molar-refractivity contribution >= 4 is 11.6 Å². The van der Waals surface area contributed by atoms with Gasteiger partial charge in [-0.3, -0.25) is 4.79 Å². The van der Waals surface area contributed by atoms with Crippen molar-refractivity contribution in [1.29, 1.82) is 0 Å². The average molecular weight is 389 g/mol. The first-order valence-corrected chi connectivity index (χ1v) is 9.91. The van der Waals surface area contributed by atoms with E-state index in [0.717, 1.165) is 23.3 Å². The average Bonchev–Trinajstić information content (AvgIpc) is 2.73. The zero-order valence-corrected chi connectivity index (χ0v) is 16.9. The van der Waals surface area contributed by atoms with Gasteiger partial charge in [0.05, 0.1) is 6.61 Å². The Bertz CT molecular complexity index is 905. The lowest BCUT2D eigenvalue weighted by Crippen LogP contribution is -2.20. The van der Waals surface area contributed by atoms with E-state index < -0.39 is 0 Å². The molecule has 150 valence electrons. The number of anilines is 1. The first-order valence-electron chi connectivity index (χ1n) is 9.91. The van der Waals surface area contributed by atoms with Gasteiger partial charge in [0.1, 0.15) is 11.5 Å². The molecule has 0 aliphatic rings. The van der Waals surface area contributed by atoms with Crippen molar-refractivity contribution in [1.82, 2.24) is 0 Å². The highest BCUT2D eigenvalue weighted by atomic mass is 16.5. The van der Waals surface area contributed by atoms with Crippen LogP contribution in [-0.4, -0.2) is 19.1 Å². The maximum Gasteiger partial charge on any atom is 0.262 e. The number of hydrogen-bond acceptors (Lipinski definition) is 3. The number of rotatable bonds is 9. The summed E-state index contributed by atoms with van der Waals surface area (Å²) in [6.07, 6.45) is 0.994. The van der Waals surface area contributed by atoms with E-state index in [1.807, 2.05) is 66.7 Å². The van der Waals surface area contributed by atoms with E-state index in [2.05, 4.69) is 31.3 Å². The Hall–Kier alpha value is -3.27. The van der Waals surface area contributed by atoms with Gasteiger partial charge < -0.3 is 14.8 Å². The monoisotopic (exact) mass is 389 g/mol. The predicted molar refractivity (Wildman–Crippen MR) is 117 cm³/mol. The molecule has 0 aliphatic carbocycles. The van der Waals surface area contributed by atoms with E-state index in [9.17, 15) is 4.79 Å². The molecule has 4 heteroatoms. The highest BCUT2D eigenvalue weighted by Crippen LogP contribution is 2.22. The van der Waals surface area contributed by atoms with E-state index in [0.29, 0.717) is 24.0 Å². The maximum absolute atomic E-state index is 12.2. The van der Waals surface area contributed by atoms with E-state index >= 15 is 0 Å². The molecule has 0 aromatic heterocycles. The fraction of sp³-hybridized carbons (Fsp3) is 0.240. The third kappa shape index (κ3) is 6.68. The van der Waals surface area contributed by atoms with Crippen LogP contribution in [-0.2, 0) is 4.79 Å². The molecule has 0 radical (unpaired) electrons. The lowest BCUT2D eigenvalue weighted by Gasteiger charge is -2.11. The number of ether oxygens (including phenoxy) is 2. The Morgan fingerprint density at radius 3 is 2.28 bits per heavy atom. The first-order chi connectivity index (χ1) is 14.1. The molecular weight excluding hydrogens is 362 g/mol. The Balaban J connectivity index is 1.48. The molecule has 3 aromatic rings. The zero-order valence-electron chi connectivity index (χ0n) is 16.9. The second kappa shape index (κ2) is 10.3. The molecule has 0 spiro atoms. The van der Waals surface area contributed by atoms with Crippen molar-refractivity contribution in [3.05, 3.63) is 78.9 Å². The Labute approximate surface area is 172 Å². The fourth-order valence-corrected chi connectivity index (χ4v) is 2.80. The molecule has 0 heterocycles. The topological polar surface area (TPSA) is 47.6 Å². The summed E-state index contributed by atoms with van der Waals surface area (Å²) >= 11 is 0. The van der Waals surface area contributed by atoms with Crippen LogP contribution < -0.4 is 14.8 Å². The van der Waals surface area contributed by atoms with E-state index in [1.54, 1.807) is 0 Å². The Morgan fingerprint density at radius 1 is 0.828 bits per heavy atom. The van der Waals surface area contributed by atoms with Gasteiger partial charge in [-0.1, -0.05) is 62.4 Å². The van der Waals surface area contributed by atoms with Crippen LogP contribution in [0.15, 0.2) is 78.9 Å². The molecule has 29 heavy (non-hydrogen) atoms. The van der Waals surface area contributed by atoms with Crippen molar-refractivity contribution in [2.75, 3.05) is 18.5 Å². The maximum atomic E-state index is 12.2. The number of benzene rings is 3. The van der Waals surface area contributed by atoms with E-state index in [1.165, 1.54) is 0 Å². The molecule has 0 saturated carbocycles. The van der Waals surface area contributed by atoms with Gasteiger partial charge in [0.25, 0.3) is 5.91 Å². The van der Waals surface area contributed by atoms with Gasteiger partial charge >= 0.3 is 0 Å². The van der Waals surface area contributed by atoms with Crippen LogP contribution in [0.5, 0.6) is 11.5 Å². The Morgan fingerprint density at radius 2 is 1.55 bits per heavy atom. The molecule has 1 amide bonds. The number of amides is 1. The van der Waals surface area contributed by atoms with Gasteiger partial charge in [0, 0.05) is 11.8 Å². The molecule has 0 aliphatic heterocycles. The smallest absolute Gasteiger partial charge is 0.262 e. The van der Waals surface area contributed by atoms with Gasteiger partial charge in [-0.05, 0) is 47.7 Å². The highest BCUT2D eigenvalue weighted by Gasteiger charge is 2.06. The van der Waals surface area contributed by atoms with Crippen LogP contribution in [0.3, 0.4) is 0 Å². The number of nitrogens with one attached hydrogen (secondary N) is 1. The fourth-order valence-electron chi connectivity index (χ4n) is 2.80. The van der Waals surface area contributed by atoms with Crippen LogP contribution in [0.25, 0.3) is 11.1 Å². The van der Waals surface area contributed by atoms with Gasteiger partial charge in [0.2, 0.25) is 0 Å². The summed E-state index contributed by atoms with van der Waals surface area (Å²) in [5.74, 6) is 1.79. The third-order valence-corrected chi connectivity index (χ3v) is 4.41. The number of carbonyl (C=O) groups is 1. The number of carbonyl (C=O) groups excluding carboxylic acids is 1. The molecule has 3 aromatic carbocycles. The lowest BCUT2D eigenvalue weighted by atomic mass is 10.1. The highest BCUT2D eigenvalue weighted by molar-refractivity contribution is 5.92. The molecule has 1 N–H and O–H groups in total. The molecule has 0 saturated heterocycles. The molecule has 0 atom stereocenters. The summed E-state index contributed by atoms with van der Waals surface area (Å²) in [6, 6.07) is 25.3. The van der Waals surface area contributed by atoms with E-state index in [-0.39, 0.29) is 12.5 Å². The Kier molecular flexibility index (Phi) is 7.28. The van der Waals surface area contributed by atoms with Crippen LogP contribution >= 0.6 is 0 Å². The number of hydrogen-bond donors (Lipinski definition) is 1. The first kappa shape index (κ1) is 20.5. The van der Waals surface area contributed by atoms with Crippen LogP contribution in [0, 0.1) is 5.92 Å². The van der Waals surface area contributed by atoms with Crippen molar-refractivity contribution in [2.24, 2.45) is 5.92 Å². The van der Waals surface area contributed by atoms with Crippen molar-refractivity contribution in [3.63, 3.8) is 0 Å². The molecule has 0 bridgehead atoms. The van der Waals surface area contributed by atoms with Crippen molar-refractivity contribution in [3.8, 4) is 22.6 Å². The SMILES string of the molecule is CC(C)CCOc1cccc(NC(=O)COc2ccc(-c3ccccc3)cc2)c1. The summed E-state index contributed by atoms with van der Waals surface area (Å²) in [5, 5.41) is 2.85. The predicted octanol–water partition coefficient (Wildman–Crippen LogP) is 5.80. The normalized spacial score (nSPS) is 10.6. The van der Waals surface area contributed by atoms with Gasteiger partial charge in [-0.2, -0.15) is 0 Å².